The fourth-order valence-electron chi connectivity index (χ4n) is 2.70. The molecule has 7 nitrogen and oxygen atoms in total. The lowest BCUT2D eigenvalue weighted by molar-refractivity contribution is 0.123. The monoisotopic (exact) mass is 289 g/mol. The van der Waals surface area contributed by atoms with E-state index in [1.807, 2.05) is 13.0 Å². The maximum absolute atomic E-state index is 4.36. The molecule has 3 rings (SSSR count). The summed E-state index contributed by atoms with van der Waals surface area (Å²) in [7, 11) is 2.18. The molecule has 1 aliphatic heterocycles. The lowest BCUT2D eigenvalue weighted by Crippen LogP contribution is -2.50. The summed E-state index contributed by atoms with van der Waals surface area (Å²) in [5.74, 6) is 1.60. The van der Waals surface area contributed by atoms with E-state index < -0.39 is 0 Å². The largest absolute Gasteiger partial charge is 0.368 e. The number of aromatic nitrogens is 4. The van der Waals surface area contributed by atoms with Crippen molar-refractivity contribution in [2.24, 2.45) is 0 Å². The van der Waals surface area contributed by atoms with Crippen molar-refractivity contribution in [3.63, 3.8) is 0 Å². The molecule has 0 aromatic carbocycles. The Morgan fingerprint density at radius 3 is 2.81 bits per heavy atom. The molecule has 21 heavy (non-hydrogen) atoms. The fourth-order valence-corrected chi connectivity index (χ4v) is 2.70. The first-order valence-corrected chi connectivity index (χ1v) is 7.47. The first kappa shape index (κ1) is 14.2. The van der Waals surface area contributed by atoms with E-state index >= 15 is 0 Å². The van der Waals surface area contributed by atoms with E-state index in [1.165, 1.54) is 6.33 Å². The van der Waals surface area contributed by atoms with E-state index in [-0.39, 0.29) is 0 Å². The molecule has 2 aromatic rings. The van der Waals surface area contributed by atoms with Gasteiger partial charge in [0.15, 0.2) is 0 Å². The molecular weight excluding hydrogens is 266 g/mol. The molecule has 1 fully saturated rings. The standard InChI is InChI=1S/C14H23N7/c1-11-8-13(21-14(18-11)16-10-17-21)15-9-12(2)20-6-4-19(3)5-7-20/h8,10,12,15H,4-7,9H2,1-3H3. The van der Waals surface area contributed by atoms with Crippen LogP contribution in [0.15, 0.2) is 12.4 Å². The molecular formula is C14H23N7. The van der Waals surface area contributed by atoms with Crippen molar-refractivity contribution in [1.82, 2.24) is 29.4 Å². The van der Waals surface area contributed by atoms with Crippen molar-refractivity contribution in [2.75, 3.05) is 45.1 Å². The van der Waals surface area contributed by atoms with Gasteiger partial charge in [0.2, 0.25) is 0 Å². The van der Waals surface area contributed by atoms with E-state index in [4.69, 9.17) is 0 Å². The highest BCUT2D eigenvalue weighted by atomic mass is 15.4. The van der Waals surface area contributed by atoms with E-state index in [1.54, 1.807) is 4.52 Å². The average molecular weight is 289 g/mol. The summed E-state index contributed by atoms with van der Waals surface area (Å²) in [5, 5.41) is 7.71. The van der Waals surface area contributed by atoms with Gasteiger partial charge in [0.05, 0.1) is 0 Å². The second-order valence-corrected chi connectivity index (χ2v) is 5.82. The highest BCUT2D eigenvalue weighted by Crippen LogP contribution is 2.11. The second-order valence-electron chi connectivity index (χ2n) is 5.82. The van der Waals surface area contributed by atoms with Crippen LogP contribution in [-0.4, -0.2) is 75.2 Å². The van der Waals surface area contributed by atoms with Crippen molar-refractivity contribution >= 4 is 11.6 Å². The molecule has 0 bridgehead atoms. The third-order valence-electron chi connectivity index (χ3n) is 4.12. The lowest BCUT2D eigenvalue weighted by atomic mass is 10.2. The second kappa shape index (κ2) is 5.95. The molecule has 7 heteroatoms. The Balaban J connectivity index is 1.64. The molecule has 1 atom stereocenters. The number of nitrogens with one attached hydrogen (secondary N) is 1. The molecule has 0 spiro atoms. The van der Waals surface area contributed by atoms with Crippen molar-refractivity contribution in [2.45, 2.75) is 19.9 Å². The van der Waals surface area contributed by atoms with Crippen LogP contribution >= 0.6 is 0 Å². The van der Waals surface area contributed by atoms with E-state index in [9.17, 15) is 0 Å². The quantitative estimate of drug-likeness (QED) is 0.883. The zero-order chi connectivity index (χ0) is 14.8. The number of anilines is 1. The van der Waals surface area contributed by atoms with Crippen LogP contribution in [0, 0.1) is 6.92 Å². The third-order valence-corrected chi connectivity index (χ3v) is 4.12. The van der Waals surface area contributed by atoms with Crippen molar-refractivity contribution in [3.05, 3.63) is 18.1 Å². The van der Waals surface area contributed by atoms with Crippen molar-refractivity contribution < 1.29 is 0 Å². The highest BCUT2D eigenvalue weighted by Gasteiger charge is 2.19. The van der Waals surface area contributed by atoms with Gasteiger partial charge < -0.3 is 10.2 Å². The molecule has 1 saturated heterocycles. The van der Waals surface area contributed by atoms with Gasteiger partial charge in [0.1, 0.15) is 12.1 Å². The molecule has 1 N–H and O–H groups in total. The number of hydrogen-bond acceptors (Lipinski definition) is 6. The Hall–Kier alpha value is -1.73. The van der Waals surface area contributed by atoms with Gasteiger partial charge in [-0.2, -0.15) is 14.6 Å². The summed E-state index contributed by atoms with van der Waals surface area (Å²) >= 11 is 0. The minimum absolute atomic E-state index is 0.491. The molecule has 0 amide bonds. The lowest BCUT2D eigenvalue weighted by Gasteiger charge is -2.36. The van der Waals surface area contributed by atoms with Crippen LogP contribution < -0.4 is 5.32 Å². The Morgan fingerprint density at radius 1 is 1.29 bits per heavy atom. The SMILES string of the molecule is Cc1cc(NCC(C)N2CCN(C)CC2)n2ncnc2n1. The molecule has 1 aliphatic rings. The number of rotatable bonds is 4. The normalized spacial score (nSPS) is 19.0. The van der Waals surface area contributed by atoms with Gasteiger partial charge in [0.25, 0.3) is 5.78 Å². The summed E-state index contributed by atoms with van der Waals surface area (Å²) in [6.45, 7) is 9.69. The number of aryl methyl sites for hydroxylation is 1. The highest BCUT2D eigenvalue weighted by molar-refractivity contribution is 5.44. The fraction of sp³-hybridized carbons (Fsp3) is 0.643. The van der Waals surface area contributed by atoms with E-state index in [0.717, 1.165) is 44.2 Å². The van der Waals surface area contributed by atoms with Gasteiger partial charge in [0, 0.05) is 50.5 Å². The third kappa shape index (κ3) is 3.14. The number of fused-ring (bicyclic) bond motifs is 1. The Morgan fingerprint density at radius 2 is 2.05 bits per heavy atom. The molecule has 114 valence electrons. The van der Waals surface area contributed by atoms with Crippen molar-refractivity contribution in [1.29, 1.82) is 0 Å². The number of nitrogens with zero attached hydrogens (tertiary/aromatic N) is 6. The van der Waals surface area contributed by atoms with Gasteiger partial charge in [-0.05, 0) is 20.9 Å². The minimum atomic E-state index is 0.491. The van der Waals surface area contributed by atoms with Gasteiger partial charge in [-0.25, -0.2) is 4.98 Å². The van der Waals surface area contributed by atoms with Crippen LogP contribution in [0.2, 0.25) is 0 Å². The zero-order valence-electron chi connectivity index (χ0n) is 13.0. The predicted molar refractivity (Wildman–Crippen MR) is 82.5 cm³/mol. The van der Waals surface area contributed by atoms with Crippen LogP contribution in [0.4, 0.5) is 5.82 Å². The molecule has 3 heterocycles. The summed E-state index contributed by atoms with van der Waals surface area (Å²) < 4.78 is 1.75. The first-order valence-electron chi connectivity index (χ1n) is 7.47. The summed E-state index contributed by atoms with van der Waals surface area (Å²) in [5.41, 5.74) is 0.949. The smallest absolute Gasteiger partial charge is 0.254 e. The van der Waals surface area contributed by atoms with Gasteiger partial charge >= 0.3 is 0 Å². The summed E-state index contributed by atoms with van der Waals surface area (Å²) in [6, 6.07) is 2.50. The summed E-state index contributed by atoms with van der Waals surface area (Å²) in [4.78, 5) is 13.4. The van der Waals surface area contributed by atoms with Crippen LogP contribution in [-0.2, 0) is 0 Å². The molecule has 2 aromatic heterocycles. The zero-order valence-corrected chi connectivity index (χ0v) is 13.0. The number of likely N-dealkylation sites (N-methyl/N-ethyl adjacent to an activating group) is 1. The number of piperazine rings is 1. The van der Waals surface area contributed by atoms with Gasteiger partial charge in [-0.15, -0.1) is 0 Å². The van der Waals surface area contributed by atoms with Crippen LogP contribution in [0.1, 0.15) is 12.6 Å². The minimum Gasteiger partial charge on any atom is -0.368 e. The predicted octanol–water partition coefficient (Wildman–Crippen LogP) is 0.481. The van der Waals surface area contributed by atoms with E-state index in [2.05, 4.69) is 44.2 Å². The maximum Gasteiger partial charge on any atom is 0.254 e. The van der Waals surface area contributed by atoms with E-state index in [0.29, 0.717) is 11.8 Å². The molecule has 0 aliphatic carbocycles. The maximum atomic E-state index is 4.36. The van der Waals surface area contributed by atoms with Gasteiger partial charge in [-0.3, -0.25) is 4.90 Å². The van der Waals surface area contributed by atoms with Crippen LogP contribution in [0.5, 0.6) is 0 Å². The Bertz CT molecular complexity index is 600. The Labute approximate surface area is 125 Å². The van der Waals surface area contributed by atoms with Gasteiger partial charge in [-0.1, -0.05) is 0 Å². The Kier molecular flexibility index (Phi) is 4.03. The van der Waals surface area contributed by atoms with Crippen molar-refractivity contribution in [3.8, 4) is 0 Å². The molecule has 0 saturated carbocycles. The topological polar surface area (TPSA) is 61.6 Å². The molecule has 0 radical (unpaired) electrons. The number of hydrogen-bond donors (Lipinski definition) is 1. The average Bonchev–Trinajstić information content (AvgIpc) is 2.93. The van der Waals surface area contributed by atoms with Crippen LogP contribution in [0.3, 0.4) is 0 Å². The summed E-state index contributed by atoms with van der Waals surface area (Å²) in [6.07, 6.45) is 1.54. The molecule has 1 unspecified atom stereocenters. The first-order chi connectivity index (χ1) is 10.1. The van der Waals surface area contributed by atoms with Crippen LogP contribution in [0.25, 0.3) is 5.78 Å².